The predicted octanol–water partition coefficient (Wildman–Crippen LogP) is 0.327. The average molecular weight is 205 g/mol. The molecule has 0 saturated heterocycles. The molecular weight excluding hydrogens is 194 g/mol. The van der Waals surface area contributed by atoms with Crippen LogP contribution in [0.3, 0.4) is 0 Å². The van der Waals surface area contributed by atoms with Crippen LogP contribution in [0.4, 0.5) is 0 Å². The number of aromatic nitrogens is 3. The van der Waals surface area contributed by atoms with E-state index in [1.807, 2.05) is 19.1 Å². The Morgan fingerprint density at radius 1 is 1.67 bits per heavy atom. The summed E-state index contributed by atoms with van der Waals surface area (Å²) in [6, 6.07) is 3.72. The van der Waals surface area contributed by atoms with E-state index in [9.17, 15) is 0 Å². The molecule has 0 fully saturated rings. The summed E-state index contributed by atoms with van der Waals surface area (Å²) in [5.74, 6) is 0.895. The number of pyridine rings is 1. The molecule has 0 atom stereocenters. The molecule has 6 nitrogen and oxygen atoms in total. The Morgan fingerprint density at radius 3 is 3.20 bits per heavy atom. The minimum Gasteiger partial charge on any atom is -0.409 e. The van der Waals surface area contributed by atoms with Gasteiger partial charge in [0.25, 0.3) is 0 Å². The molecule has 0 radical (unpaired) electrons. The van der Waals surface area contributed by atoms with Gasteiger partial charge in [0, 0.05) is 12.6 Å². The van der Waals surface area contributed by atoms with Crippen LogP contribution >= 0.6 is 0 Å². The molecule has 3 N–H and O–H groups in total. The van der Waals surface area contributed by atoms with E-state index in [-0.39, 0.29) is 5.84 Å². The summed E-state index contributed by atoms with van der Waals surface area (Å²) >= 11 is 0. The highest BCUT2D eigenvalue weighted by atomic mass is 16.4. The molecule has 15 heavy (non-hydrogen) atoms. The molecule has 0 aliphatic rings. The van der Waals surface area contributed by atoms with E-state index in [1.165, 1.54) is 0 Å². The van der Waals surface area contributed by atoms with E-state index >= 15 is 0 Å². The first-order valence-corrected chi connectivity index (χ1v) is 4.47. The zero-order valence-corrected chi connectivity index (χ0v) is 8.25. The fourth-order valence-corrected chi connectivity index (χ4v) is 1.39. The zero-order valence-electron chi connectivity index (χ0n) is 8.25. The number of amidine groups is 1. The van der Waals surface area contributed by atoms with Gasteiger partial charge in [-0.2, -0.15) is 5.10 Å². The fourth-order valence-electron chi connectivity index (χ4n) is 1.39. The van der Waals surface area contributed by atoms with Gasteiger partial charge >= 0.3 is 0 Å². The minimum atomic E-state index is 0.176. The number of aryl methyl sites for hydroxylation is 1. The SMILES string of the molecule is Cc1nc2cc(C/C(N)=N/O)ccn2n1. The quantitative estimate of drug-likeness (QED) is 0.320. The van der Waals surface area contributed by atoms with Gasteiger partial charge < -0.3 is 10.9 Å². The number of hydrogen-bond acceptors (Lipinski definition) is 4. The summed E-state index contributed by atoms with van der Waals surface area (Å²) in [6.07, 6.45) is 2.20. The lowest BCUT2D eigenvalue weighted by Crippen LogP contribution is -2.14. The Bertz CT molecular complexity index is 516. The minimum absolute atomic E-state index is 0.176. The van der Waals surface area contributed by atoms with Crippen LogP contribution in [0.25, 0.3) is 5.65 Å². The van der Waals surface area contributed by atoms with Crippen molar-refractivity contribution in [2.45, 2.75) is 13.3 Å². The highest BCUT2D eigenvalue weighted by molar-refractivity contribution is 5.82. The second-order valence-corrected chi connectivity index (χ2v) is 3.26. The number of hydrogen-bond donors (Lipinski definition) is 2. The summed E-state index contributed by atoms with van der Waals surface area (Å²) in [5, 5.41) is 15.5. The van der Waals surface area contributed by atoms with Gasteiger partial charge in [-0.1, -0.05) is 5.16 Å². The molecule has 2 rings (SSSR count). The molecule has 0 amide bonds. The average Bonchev–Trinajstić information content (AvgIpc) is 2.57. The van der Waals surface area contributed by atoms with Crippen LogP contribution in [-0.2, 0) is 6.42 Å². The monoisotopic (exact) mass is 205 g/mol. The smallest absolute Gasteiger partial charge is 0.155 e. The molecule has 78 valence electrons. The second kappa shape index (κ2) is 3.56. The second-order valence-electron chi connectivity index (χ2n) is 3.26. The summed E-state index contributed by atoms with van der Waals surface area (Å²) in [5.41, 5.74) is 7.11. The summed E-state index contributed by atoms with van der Waals surface area (Å²) in [6.45, 7) is 1.83. The van der Waals surface area contributed by atoms with Crippen LogP contribution in [0.1, 0.15) is 11.4 Å². The Morgan fingerprint density at radius 2 is 2.47 bits per heavy atom. The standard InChI is InChI=1S/C9H11N5O/c1-6-11-9-5-7(4-8(10)13-15)2-3-14(9)12-6/h2-3,5,15H,4H2,1H3,(H2,10,13). The Labute approximate surface area is 86.0 Å². The van der Waals surface area contributed by atoms with Crippen molar-refractivity contribution in [2.75, 3.05) is 0 Å². The van der Waals surface area contributed by atoms with Crippen LogP contribution in [0.5, 0.6) is 0 Å². The van der Waals surface area contributed by atoms with Gasteiger partial charge in [0.2, 0.25) is 0 Å². The first kappa shape index (κ1) is 9.45. The number of nitrogens with two attached hydrogens (primary N) is 1. The van der Waals surface area contributed by atoms with Gasteiger partial charge in [-0.15, -0.1) is 0 Å². The van der Waals surface area contributed by atoms with E-state index in [1.54, 1.807) is 10.7 Å². The highest BCUT2D eigenvalue weighted by Crippen LogP contribution is 2.06. The third kappa shape index (κ3) is 1.88. The summed E-state index contributed by atoms with van der Waals surface area (Å²) in [7, 11) is 0. The highest BCUT2D eigenvalue weighted by Gasteiger charge is 2.02. The van der Waals surface area contributed by atoms with Crippen LogP contribution < -0.4 is 5.73 Å². The van der Waals surface area contributed by atoms with Crippen LogP contribution in [0, 0.1) is 6.92 Å². The van der Waals surface area contributed by atoms with Gasteiger partial charge in [0.05, 0.1) is 0 Å². The number of fused-ring (bicyclic) bond motifs is 1. The van der Waals surface area contributed by atoms with Crippen molar-refractivity contribution in [1.29, 1.82) is 0 Å². The van der Waals surface area contributed by atoms with Crippen molar-refractivity contribution in [3.05, 3.63) is 29.7 Å². The Hall–Kier alpha value is -2.11. The van der Waals surface area contributed by atoms with E-state index in [0.717, 1.165) is 17.0 Å². The third-order valence-corrected chi connectivity index (χ3v) is 2.02. The third-order valence-electron chi connectivity index (χ3n) is 2.02. The lowest BCUT2D eigenvalue weighted by molar-refractivity contribution is 0.317. The molecule has 0 aromatic carbocycles. The number of rotatable bonds is 2. The maximum Gasteiger partial charge on any atom is 0.155 e. The molecule has 2 heterocycles. The maximum atomic E-state index is 8.44. The van der Waals surface area contributed by atoms with Gasteiger partial charge in [-0.3, -0.25) is 0 Å². The van der Waals surface area contributed by atoms with Crippen molar-refractivity contribution in [3.8, 4) is 0 Å². The Kier molecular flexibility index (Phi) is 2.24. The molecular formula is C9H11N5O. The number of oxime groups is 1. The lowest BCUT2D eigenvalue weighted by atomic mass is 10.2. The van der Waals surface area contributed by atoms with Gasteiger partial charge in [0.1, 0.15) is 11.7 Å². The number of nitrogens with zero attached hydrogens (tertiary/aromatic N) is 4. The molecule has 0 aliphatic carbocycles. The topological polar surface area (TPSA) is 88.8 Å². The van der Waals surface area contributed by atoms with Crippen molar-refractivity contribution in [1.82, 2.24) is 14.6 Å². The Balaban J connectivity index is 2.38. The molecule has 0 saturated carbocycles. The molecule has 0 bridgehead atoms. The van der Waals surface area contributed by atoms with Crippen molar-refractivity contribution >= 4 is 11.5 Å². The fraction of sp³-hybridized carbons (Fsp3) is 0.222. The normalized spacial score (nSPS) is 12.2. The van der Waals surface area contributed by atoms with E-state index in [4.69, 9.17) is 10.9 Å². The first-order chi connectivity index (χ1) is 7.19. The molecule has 2 aromatic rings. The van der Waals surface area contributed by atoms with Crippen LogP contribution in [0.2, 0.25) is 0 Å². The predicted molar refractivity (Wildman–Crippen MR) is 54.8 cm³/mol. The summed E-state index contributed by atoms with van der Waals surface area (Å²) in [4.78, 5) is 4.22. The van der Waals surface area contributed by atoms with Gasteiger partial charge in [0.15, 0.2) is 5.65 Å². The first-order valence-electron chi connectivity index (χ1n) is 4.47. The van der Waals surface area contributed by atoms with Crippen LogP contribution in [-0.4, -0.2) is 25.6 Å². The van der Waals surface area contributed by atoms with Crippen molar-refractivity contribution in [2.24, 2.45) is 10.9 Å². The molecule has 0 spiro atoms. The van der Waals surface area contributed by atoms with Crippen molar-refractivity contribution in [3.63, 3.8) is 0 Å². The van der Waals surface area contributed by atoms with E-state index in [0.29, 0.717) is 6.42 Å². The zero-order chi connectivity index (χ0) is 10.8. The lowest BCUT2D eigenvalue weighted by Gasteiger charge is -1.99. The largest absolute Gasteiger partial charge is 0.409 e. The van der Waals surface area contributed by atoms with Crippen molar-refractivity contribution < 1.29 is 5.21 Å². The summed E-state index contributed by atoms with van der Waals surface area (Å²) < 4.78 is 1.69. The molecule has 0 aliphatic heterocycles. The van der Waals surface area contributed by atoms with E-state index < -0.39 is 0 Å². The van der Waals surface area contributed by atoms with Gasteiger partial charge in [-0.25, -0.2) is 9.50 Å². The van der Waals surface area contributed by atoms with E-state index in [2.05, 4.69) is 15.2 Å². The van der Waals surface area contributed by atoms with Gasteiger partial charge in [-0.05, 0) is 24.6 Å². The maximum absolute atomic E-state index is 8.44. The molecule has 0 unspecified atom stereocenters. The molecule has 2 aromatic heterocycles. The molecule has 6 heteroatoms. The van der Waals surface area contributed by atoms with Crippen LogP contribution in [0.15, 0.2) is 23.5 Å².